The van der Waals surface area contributed by atoms with Gasteiger partial charge in [0.1, 0.15) is 0 Å². The van der Waals surface area contributed by atoms with Gasteiger partial charge in [0.05, 0.1) is 0 Å². The van der Waals surface area contributed by atoms with Gasteiger partial charge in [0.2, 0.25) is 9.47 Å². The standard InChI is InChI=1S/C13H15BrN4O3S2/c1-3-18(4-2)23(20,21)13-17-16-12(22-13)15-11(19)9-6-5-7-10(14)8-9/h5-8H,3-4H2,1-2H3,(H,15,16,19). The zero-order chi connectivity index (χ0) is 17.0. The lowest BCUT2D eigenvalue weighted by molar-refractivity contribution is 0.102. The van der Waals surface area contributed by atoms with Crippen LogP contribution in [0.2, 0.25) is 0 Å². The van der Waals surface area contributed by atoms with E-state index < -0.39 is 10.0 Å². The quantitative estimate of drug-likeness (QED) is 0.727. The summed E-state index contributed by atoms with van der Waals surface area (Å²) in [6, 6.07) is 6.84. The fourth-order valence-corrected chi connectivity index (χ4v) is 4.73. The summed E-state index contributed by atoms with van der Waals surface area (Å²) < 4.78 is 26.6. The molecule has 0 spiro atoms. The van der Waals surface area contributed by atoms with E-state index in [1.807, 2.05) is 0 Å². The Morgan fingerprint density at radius 3 is 2.61 bits per heavy atom. The number of nitrogens with one attached hydrogen (secondary N) is 1. The molecule has 10 heteroatoms. The van der Waals surface area contributed by atoms with E-state index in [9.17, 15) is 13.2 Å². The highest BCUT2D eigenvalue weighted by Gasteiger charge is 2.26. The Kier molecular flexibility index (Phi) is 5.84. The highest BCUT2D eigenvalue weighted by atomic mass is 79.9. The molecule has 124 valence electrons. The fourth-order valence-electron chi connectivity index (χ4n) is 1.84. The van der Waals surface area contributed by atoms with Crippen molar-refractivity contribution in [2.45, 2.75) is 18.2 Å². The number of hydrogen-bond donors (Lipinski definition) is 1. The molecule has 1 heterocycles. The lowest BCUT2D eigenvalue weighted by Gasteiger charge is -2.15. The van der Waals surface area contributed by atoms with Gasteiger partial charge in [0.25, 0.3) is 15.9 Å². The molecule has 7 nitrogen and oxygen atoms in total. The summed E-state index contributed by atoms with van der Waals surface area (Å²) in [5.41, 5.74) is 0.433. The highest BCUT2D eigenvalue weighted by Crippen LogP contribution is 2.23. The van der Waals surface area contributed by atoms with Crippen molar-refractivity contribution in [3.05, 3.63) is 34.3 Å². The Labute approximate surface area is 146 Å². The van der Waals surface area contributed by atoms with E-state index in [1.54, 1.807) is 38.1 Å². The second-order valence-electron chi connectivity index (χ2n) is 4.43. The third-order valence-corrected chi connectivity index (χ3v) is 6.71. The third kappa shape index (κ3) is 4.14. The molecule has 0 radical (unpaired) electrons. The molecule has 0 atom stereocenters. The summed E-state index contributed by atoms with van der Waals surface area (Å²) in [7, 11) is -3.67. The van der Waals surface area contributed by atoms with Crippen LogP contribution >= 0.6 is 27.3 Å². The first-order valence-electron chi connectivity index (χ1n) is 6.79. The summed E-state index contributed by atoms with van der Waals surface area (Å²) in [5, 5.41) is 10.1. The second-order valence-corrected chi connectivity index (χ2v) is 8.43. The van der Waals surface area contributed by atoms with Crippen LogP contribution in [0.25, 0.3) is 0 Å². The normalized spacial score (nSPS) is 11.7. The van der Waals surface area contributed by atoms with E-state index in [4.69, 9.17) is 0 Å². The number of hydrogen-bond acceptors (Lipinski definition) is 6. The number of rotatable bonds is 6. The van der Waals surface area contributed by atoms with Crippen LogP contribution in [0.15, 0.2) is 33.1 Å². The Hall–Kier alpha value is -1.36. The van der Waals surface area contributed by atoms with Crippen molar-refractivity contribution >= 4 is 48.3 Å². The molecule has 1 amide bonds. The first-order chi connectivity index (χ1) is 10.9. The maximum absolute atomic E-state index is 12.3. The predicted molar refractivity (Wildman–Crippen MR) is 92.1 cm³/mol. The first kappa shape index (κ1) is 18.0. The zero-order valence-electron chi connectivity index (χ0n) is 12.5. The van der Waals surface area contributed by atoms with Crippen LogP contribution in [-0.2, 0) is 10.0 Å². The van der Waals surface area contributed by atoms with Gasteiger partial charge >= 0.3 is 0 Å². The van der Waals surface area contributed by atoms with Crippen molar-refractivity contribution in [2.24, 2.45) is 0 Å². The molecule has 0 aliphatic carbocycles. The van der Waals surface area contributed by atoms with Crippen molar-refractivity contribution < 1.29 is 13.2 Å². The Balaban J connectivity index is 2.18. The number of sulfonamides is 1. The number of halogens is 1. The zero-order valence-corrected chi connectivity index (χ0v) is 15.7. The van der Waals surface area contributed by atoms with Gasteiger partial charge < -0.3 is 0 Å². The minimum atomic E-state index is -3.67. The fraction of sp³-hybridized carbons (Fsp3) is 0.308. The molecule has 1 aromatic carbocycles. The SMILES string of the molecule is CCN(CC)S(=O)(=O)c1nnc(NC(=O)c2cccc(Br)c2)s1. The van der Waals surface area contributed by atoms with E-state index in [2.05, 4.69) is 31.4 Å². The topological polar surface area (TPSA) is 92.3 Å². The lowest BCUT2D eigenvalue weighted by atomic mass is 10.2. The number of aromatic nitrogens is 2. The molecule has 0 unspecified atom stereocenters. The third-order valence-electron chi connectivity index (χ3n) is 2.98. The van der Waals surface area contributed by atoms with Crippen molar-refractivity contribution in [3.8, 4) is 0 Å². The smallest absolute Gasteiger partial charge is 0.272 e. The summed E-state index contributed by atoms with van der Waals surface area (Å²) in [4.78, 5) is 12.1. The van der Waals surface area contributed by atoms with Crippen LogP contribution in [-0.4, -0.2) is 41.9 Å². The van der Waals surface area contributed by atoms with Gasteiger partial charge in [-0.1, -0.05) is 47.2 Å². The number of benzene rings is 1. The van der Waals surface area contributed by atoms with E-state index >= 15 is 0 Å². The van der Waals surface area contributed by atoms with Crippen LogP contribution in [0.4, 0.5) is 5.13 Å². The van der Waals surface area contributed by atoms with E-state index in [0.717, 1.165) is 15.8 Å². The maximum atomic E-state index is 12.3. The van der Waals surface area contributed by atoms with Crippen LogP contribution in [0.1, 0.15) is 24.2 Å². The summed E-state index contributed by atoms with van der Waals surface area (Å²) >= 11 is 4.12. The number of amides is 1. The van der Waals surface area contributed by atoms with Gasteiger partial charge in [0.15, 0.2) is 0 Å². The maximum Gasteiger partial charge on any atom is 0.272 e. The number of anilines is 1. The number of carbonyl (C=O) groups excluding carboxylic acids is 1. The molecule has 0 aliphatic rings. The molecule has 0 saturated heterocycles. The average molecular weight is 419 g/mol. The molecular formula is C13H15BrN4O3S2. The van der Waals surface area contributed by atoms with Crippen LogP contribution in [0, 0.1) is 0 Å². The van der Waals surface area contributed by atoms with Gasteiger partial charge in [-0.25, -0.2) is 8.42 Å². The Morgan fingerprint density at radius 1 is 1.30 bits per heavy atom. The summed E-state index contributed by atoms with van der Waals surface area (Å²) in [6.45, 7) is 4.19. The molecule has 1 aromatic heterocycles. The second kappa shape index (κ2) is 7.47. The van der Waals surface area contributed by atoms with Crippen LogP contribution in [0.5, 0.6) is 0 Å². The van der Waals surface area contributed by atoms with Gasteiger partial charge in [-0.05, 0) is 18.2 Å². The van der Waals surface area contributed by atoms with Crippen molar-refractivity contribution in [1.82, 2.24) is 14.5 Å². The molecule has 2 rings (SSSR count). The molecule has 0 fully saturated rings. The Morgan fingerprint density at radius 2 is 2.00 bits per heavy atom. The number of nitrogens with zero attached hydrogens (tertiary/aromatic N) is 3. The molecule has 0 aliphatic heterocycles. The highest BCUT2D eigenvalue weighted by molar-refractivity contribution is 9.10. The van der Waals surface area contributed by atoms with Crippen LogP contribution < -0.4 is 5.32 Å². The number of carbonyl (C=O) groups is 1. The molecular weight excluding hydrogens is 404 g/mol. The van der Waals surface area contributed by atoms with E-state index in [0.29, 0.717) is 18.7 Å². The summed E-state index contributed by atoms with van der Waals surface area (Å²) in [5.74, 6) is -0.380. The molecule has 2 aromatic rings. The van der Waals surface area contributed by atoms with Crippen molar-refractivity contribution in [3.63, 3.8) is 0 Å². The minimum Gasteiger partial charge on any atom is -0.296 e. The monoisotopic (exact) mass is 418 g/mol. The predicted octanol–water partition coefficient (Wildman–Crippen LogP) is 2.58. The lowest BCUT2D eigenvalue weighted by Crippen LogP contribution is -2.30. The Bertz CT molecular complexity index is 803. The van der Waals surface area contributed by atoms with Gasteiger partial charge in [-0.2, -0.15) is 4.31 Å². The molecule has 1 N–H and O–H groups in total. The molecule has 23 heavy (non-hydrogen) atoms. The average Bonchev–Trinajstić information content (AvgIpc) is 2.97. The van der Waals surface area contributed by atoms with Gasteiger partial charge in [0, 0.05) is 23.1 Å². The van der Waals surface area contributed by atoms with Gasteiger partial charge in [-0.15, -0.1) is 10.2 Å². The van der Waals surface area contributed by atoms with Crippen molar-refractivity contribution in [2.75, 3.05) is 18.4 Å². The first-order valence-corrected chi connectivity index (χ1v) is 9.84. The molecule has 0 saturated carbocycles. The van der Waals surface area contributed by atoms with Gasteiger partial charge in [-0.3, -0.25) is 10.1 Å². The minimum absolute atomic E-state index is 0.134. The van der Waals surface area contributed by atoms with Crippen molar-refractivity contribution in [1.29, 1.82) is 0 Å². The largest absolute Gasteiger partial charge is 0.296 e. The van der Waals surface area contributed by atoms with Crippen LogP contribution in [0.3, 0.4) is 0 Å². The van der Waals surface area contributed by atoms with E-state index in [-0.39, 0.29) is 15.4 Å². The molecule has 0 bridgehead atoms. The van der Waals surface area contributed by atoms with E-state index in [1.165, 1.54) is 4.31 Å². The summed E-state index contributed by atoms with van der Waals surface area (Å²) in [6.07, 6.45) is 0.